The van der Waals surface area contributed by atoms with Crippen LogP contribution in [0.1, 0.15) is 62.0 Å². The number of unbranched alkanes of at least 4 members (excludes halogenated alkanes) is 1. The lowest BCUT2D eigenvalue weighted by atomic mass is 10.1. The zero-order valence-electron chi connectivity index (χ0n) is 22.8. The Bertz CT molecular complexity index is 1290. The van der Waals surface area contributed by atoms with Crippen LogP contribution in [0.5, 0.6) is 17.2 Å². The van der Waals surface area contributed by atoms with E-state index in [9.17, 15) is 13.2 Å². The highest BCUT2D eigenvalue weighted by Crippen LogP contribution is 2.40. The van der Waals surface area contributed by atoms with Gasteiger partial charge in [0.1, 0.15) is 0 Å². The van der Waals surface area contributed by atoms with Gasteiger partial charge in [-0.15, -0.1) is 0 Å². The molecule has 0 saturated carbocycles. The predicted molar refractivity (Wildman–Crippen MR) is 150 cm³/mol. The summed E-state index contributed by atoms with van der Waals surface area (Å²) in [5.74, 6) is 0.273. The Labute approximate surface area is 226 Å². The van der Waals surface area contributed by atoms with E-state index < -0.39 is 15.9 Å². The van der Waals surface area contributed by atoms with E-state index in [-0.39, 0.29) is 16.1 Å². The van der Waals surface area contributed by atoms with Crippen LogP contribution >= 0.6 is 0 Å². The highest BCUT2D eigenvalue weighted by atomic mass is 32.2. The number of amides is 1. The van der Waals surface area contributed by atoms with Gasteiger partial charge < -0.3 is 14.2 Å². The molecule has 0 radical (unpaired) electrons. The number of nitrogens with zero attached hydrogens (tertiary/aromatic N) is 1. The molecule has 0 saturated heterocycles. The van der Waals surface area contributed by atoms with Crippen LogP contribution in [-0.2, 0) is 16.4 Å². The Hall–Kier alpha value is -3.52. The van der Waals surface area contributed by atoms with Crippen molar-refractivity contribution in [1.29, 1.82) is 0 Å². The third-order valence-electron chi connectivity index (χ3n) is 5.89. The standard InChI is InChI=1S/C30H37NO6S/c1-6-10-11-23-14-16-25(17-15-23)31(38(33,34)26-18-12-22(5)13-19-26)30(32)24-20-27(35-7-2)29(37-9-4)28(21-24)36-8-3/h12-21H,6-11H2,1-5H3. The van der Waals surface area contributed by atoms with E-state index in [2.05, 4.69) is 6.92 Å². The largest absolute Gasteiger partial charge is 0.490 e. The number of carbonyl (C=O) groups excluding carboxylic acids is 1. The average molecular weight is 540 g/mol. The van der Waals surface area contributed by atoms with Crippen molar-refractivity contribution in [2.45, 2.75) is 58.8 Å². The predicted octanol–water partition coefficient (Wildman–Crippen LogP) is 6.57. The average Bonchev–Trinajstić information content (AvgIpc) is 2.90. The van der Waals surface area contributed by atoms with E-state index in [4.69, 9.17) is 14.2 Å². The highest BCUT2D eigenvalue weighted by Gasteiger charge is 2.33. The van der Waals surface area contributed by atoms with Gasteiger partial charge in [-0.2, -0.15) is 4.31 Å². The maximum atomic E-state index is 14.1. The van der Waals surface area contributed by atoms with Crippen molar-refractivity contribution in [3.05, 3.63) is 77.4 Å². The minimum absolute atomic E-state index is 0.0208. The number of aryl methyl sites for hydroxylation is 2. The number of hydrogen-bond acceptors (Lipinski definition) is 6. The van der Waals surface area contributed by atoms with Crippen molar-refractivity contribution < 1.29 is 27.4 Å². The zero-order valence-corrected chi connectivity index (χ0v) is 23.6. The molecule has 3 aromatic carbocycles. The molecule has 0 N–H and O–H groups in total. The van der Waals surface area contributed by atoms with Crippen LogP contribution in [0.25, 0.3) is 0 Å². The van der Waals surface area contributed by atoms with E-state index in [1.165, 1.54) is 24.3 Å². The van der Waals surface area contributed by atoms with Crippen LogP contribution in [0.3, 0.4) is 0 Å². The lowest BCUT2D eigenvalue weighted by Crippen LogP contribution is -2.37. The zero-order chi connectivity index (χ0) is 27.7. The van der Waals surface area contributed by atoms with Gasteiger partial charge in [-0.05, 0) is 82.5 Å². The third-order valence-corrected chi connectivity index (χ3v) is 7.61. The molecule has 0 aliphatic heterocycles. The van der Waals surface area contributed by atoms with E-state index in [0.29, 0.717) is 37.1 Å². The molecular formula is C30H37NO6S. The first-order chi connectivity index (χ1) is 18.3. The maximum absolute atomic E-state index is 14.1. The normalized spacial score (nSPS) is 11.2. The quantitative estimate of drug-likeness (QED) is 0.244. The molecule has 8 heteroatoms. The summed E-state index contributed by atoms with van der Waals surface area (Å²) < 4.78 is 46.0. The Morgan fingerprint density at radius 1 is 0.789 bits per heavy atom. The molecule has 0 aliphatic carbocycles. The van der Waals surface area contributed by atoms with Gasteiger partial charge in [-0.25, -0.2) is 8.42 Å². The monoisotopic (exact) mass is 539 g/mol. The minimum atomic E-state index is -4.25. The molecule has 3 rings (SSSR count). The first kappa shape index (κ1) is 29.0. The number of carbonyl (C=O) groups is 1. The van der Waals surface area contributed by atoms with Crippen LogP contribution in [-0.4, -0.2) is 34.1 Å². The molecule has 7 nitrogen and oxygen atoms in total. The number of hydrogen-bond donors (Lipinski definition) is 0. The summed E-state index contributed by atoms with van der Waals surface area (Å²) in [7, 11) is -4.25. The number of ether oxygens (including phenoxy) is 3. The van der Waals surface area contributed by atoms with Gasteiger partial charge in [-0.1, -0.05) is 43.2 Å². The fraction of sp³-hybridized carbons (Fsp3) is 0.367. The molecule has 0 aliphatic rings. The molecule has 0 spiro atoms. The topological polar surface area (TPSA) is 82.1 Å². The lowest BCUT2D eigenvalue weighted by molar-refractivity contribution is 0.100. The summed E-state index contributed by atoms with van der Waals surface area (Å²) in [5.41, 5.74) is 2.34. The summed E-state index contributed by atoms with van der Waals surface area (Å²) in [4.78, 5) is 14.1. The van der Waals surface area contributed by atoms with Crippen molar-refractivity contribution in [2.24, 2.45) is 0 Å². The fourth-order valence-corrected chi connectivity index (χ4v) is 5.40. The first-order valence-corrected chi connectivity index (χ1v) is 14.5. The molecule has 0 aromatic heterocycles. The van der Waals surface area contributed by atoms with Gasteiger partial charge in [0.15, 0.2) is 11.5 Å². The van der Waals surface area contributed by atoms with Gasteiger partial charge in [0.05, 0.1) is 30.4 Å². The molecule has 0 atom stereocenters. The smallest absolute Gasteiger partial charge is 0.272 e. The van der Waals surface area contributed by atoms with Gasteiger partial charge in [0, 0.05) is 5.56 Å². The van der Waals surface area contributed by atoms with Crippen molar-refractivity contribution in [3.63, 3.8) is 0 Å². The van der Waals surface area contributed by atoms with Crippen LogP contribution in [0.15, 0.2) is 65.6 Å². The first-order valence-electron chi connectivity index (χ1n) is 13.1. The third kappa shape index (κ3) is 6.67. The molecule has 0 fully saturated rings. The SMILES string of the molecule is CCCCc1ccc(N(C(=O)c2cc(OCC)c(OCC)c(OCC)c2)S(=O)(=O)c2ccc(C)cc2)cc1. The summed E-state index contributed by atoms with van der Waals surface area (Å²) in [6.45, 7) is 10.5. The van der Waals surface area contributed by atoms with E-state index in [0.717, 1.165) is 34.7 Å². The number of anilines is 1. The van der Waals surface area contributed by atoms with Gasteiger partial charge in [-0.3, -0.25) is 4.79 Å². The van der Waals surface area contributed by atoms with Gasteiger partial charge in [0.2, 0.25) is 5.75 Å². The molecule has 38 heavy (non-hydrogen) atoms. The summed E-state index contributed by atoms with van der Waals surface area (Å²) >= 11 is 0. The van der Waals surface area contributed by atoms with Crippen molar-refractivity contribution in [3.8, 4) is 17.2 Å². The van der Waals surface area contributed by atoms with E-state index >= 15 is 0 Å². The summed E-state index contributed by atoms with van der Waals surface area (Å²) in [6, 6.07) is 16.5. The molecule has 0 unspecified atom stereocenters. The highest BCUT2D eigenvalue weighted by molar-refractivity contribution is 7.93. The van der Waals surface area contributed by atoms with Gasteiger partial charge >= 0.3 is 0 Å². The summed E-state index contributed by atoms with van der Waals surface area (Å²) in [5, 5.41) is 0. The fourth-order valence-electron chi connectivity index (χ4n) is 3.99. The van der Waals surface area contributed by atoms with Crippen molar-refractivity contribution >= 4 is 21.6 Å². The molecule has 1 amide bonds. The molecule has 0 bridgehead atoms. The molecule has 0 heterocycles. The van der Waals surface area contributed by atoms with Crippen LogP contribution in [0, 0.1) is 6.92 Å². The van der Waals surface area contributed by atoms with E-state index in [1.807, 2.05) is 39.8 Å². The molecular weight excluding hydrogens is 502 g/mol. The molecule has 3 aromatic rings. The second kappa shape index (κ2) is 13.3. The maximum Gasteiger partial charge on any atom is 0.272 e. The van der Waals surface area contributed by atoms with Crippen LogP contribution in [0.4, 0.5) is 5.69 Å². The molecule has 204 valence electrons. The van der Waals surface area contributed by atoms with Crippen molar-refractivity contribution in [1.82, 2.24) is 0 Å². The summed E-state index contributed by atoms with van der Waals surface area (Å²) in [6.07, 6.45) is 2.95. The van der Waals surface area contributed by atoms with Crippen LogP contribution < -0.4 is 18.5 Å². The Balaban J connectivity index is 2.18. The van der Waals surface area contributed by atoms with Crippen molar-refractivity contribution in [2.75, 3.05) is 24.1 Å². The lowest BCUT2D eigenvalue weighted by Gasteiger charge is -2.24. The van der Waals surface area contributed by atoms with E-state index in [1.54, 1.807) is 24.3 Å². The van der Waals surface area contributed by atoms with Crippen LogP contribution in [0.2, 0.25) is 0 Å². The Morgan fingerprint density at radius 3 is 1.84 bits per heavy atom. The number of rotatable bonds is 13. The Kier molecular flexibility index (Phi) is 10.2. The second-order valence-corrected chi connectivity index (χ2v) is 10.5. The van der Waals surface area contributed by atoms with Gasteiger partial charge in [0.25, 0.3) is 15.9 Å². The number of sulfonamides is 1. The minimum Gasteiger partial charge on any atom is -0.490 e. The number of benzene rings is 3. The second-order valence-electron chi connectivity index (χ2n) is 8.76. The Morgan fingerprint density at radius 2 is 1.34 bits per heavy atom.